The highest BCUT2D eigenvalue weighted by atomic mass is 32.2. The number of aromatic nitrogens is 5. The SMILES string of the molecule is c1csc(-c2nnc(SCc3nc(-c4ccsc4)no3)n2CC2CCCO2)c1. The van der Waals surface area contributed by atoms with Gasteiger partial charge in [0.25, 0.3) is 0 Å². The Balaban J connectivity index is 1.35. The Morgan fingerprint density at radius 2 is 2.25 bits per heavy atom. The van der Waals surface area contributed by atoms with Gasteiger partial charge < -0.3 is 9.26 Å². The highest BCUT2D eigenvalue weighted by Gasteiger charge is 2.22. The third-order valence-electron chi connectivity index (χ3n) is 4.44. The maximum absolute atomic E-state index is 5.84. The molecule has 5 rings (SSSR count). The van der Waals surface area contributed by atoms with E-state index in [1.807, 2.05) is 22.9 Å². The molecule has 0 aliphatic carbocycles. The summed E-state index contributed by atoms with van der Waals surface area (Å²) < 4.78 is 13.4. The number of rotatable bonds is 7. The van der Waals surface area contributed by atoms with E-state index in [2.05, 4.69) is 36.4 Å². The summed E-state index contributed by atoms with van der Waals surface area (Å²) in [5.74, 6) is 2.63. The van der Waals surface area contributed by atoms with E-state index in [1.165, 1.54) is 0 Å². The minimum Gasteiger partial charge on any atom is -0.376 e. The Morgan fingerprint density at radius 3 is 3.04 bits per heavy atom. The lowest BCUT2D eigenvalue weighted by Gasteiger charge is -2.13. The van der Waals surface area contributed by atoms with E-state index in [-0.39, 0.29) is 6.10 Å². The molecule has 0 bridgehead atoms. The Kier molecular flexibility index (Phi) is 5.26. The molecule has 1 aliphatic rings. The van der Waals surface area contributed by atoms with Crippen LogP contribution in [-0.4, -0.2) is 37.6 Å². The lowest BCUT2D eigenvalue weighted by molar-refractivity contribution is 0.0953. The van der Waals surface area contributed by atoms with Gasteiger partial charge >= 0.3 is 0 Å². The predicted molar refractivity (Wildman–Crippen MR) is 109 cm³/mol. The fourth-order valence-electron chi connectivity index (χ4n) is 3.09. The van der Waals surface area contributed by atoms with Gasteiger partial charge in [0, 0.05) is 17.6 Å². The molecular formula is C18H17N5O2S3. The lowest BCUT2D eigenvalue weighted by Crippen LogP contribution is -2.16. The van der Waals surface area contributed by atoms with Crippen LogP contribution in [0.25, 0.3) is 22.1 Å². The fraction of sp³-hybridized carbons (Fsp3) is 0.333. The number of thioether (sulfide) groups is 1. The van der Waals surface area contributed by atoms with Crippen molar-refractivity contribution >= 4 is 34.4 Å². The molecule has 1 fully saturated rings. The standard InChI is InChI=1S/C18H17N5O2S3/c1-3-13(24-6-1)9-23-17(14-4-2-7-27-14)20-21-18(23)28-11-15-19-16(22-25-15)12-5-8-26-10-12/h2,4-5,7-8,10,13H,1,3,6,9,11H2. The molecule has 28 heavy (non-hydrogen) atoms. The van der Waals surface area contributed by atoms with Crippen molar-refractivity contribution < 1.29 is 9.26 Å². The molecule has 0 radical (unpaired) electrons. The average molecular weight is 432 g/mol. The molecule has 5 heterocycles. The van der Waals surface area contributed by atoms with E-state index >= 15 is 0 Å². The molecule has 1 saturated heterocycles. The zero-order valence-corrected chi connectivity index (χ0v) is 17.3. The largest absolute Gasteiger partial charge is 0.376 e. The highest BCUT2D eigenvalue weighted by Crippen LogP contribution is 2.30. The second-order valence-electron chi connectivity index (χ2n) is 6.34. The molecule has 4 aromatic heterocycles. The Labute approximate surface area is 173 Å². The van der Waals surface area contributed by atoms with Crippen LogP contribution in [0.15, 0.2) is 44.0 Å². The van der Waals surface area contributed by atoms with Crippen molar-refractivity contribution in [1.29, 1.82) is 0 Å². The zero-order valence-electron chi connectivity index (χ0n) is 14.9. The van der Waals surface area contributed by atoms with Gasteiger partial charge in [-0.3, -0.25) is 4.57 Å². The monoisotopic (exact) mass is 431 g/mol. The Bertz CT molecular complexity index is 1020. The van der Waals surface area contributed by atoms with Crippen LogP contribution in [0, 0.1) is 0 Å². The molecule has 0 N–H and O–H groups in total. The van der Waals surface area contributed by atoms with Crippen LogP contribution in [0.5, 0.6) is 0 Å². The minimum atomic E-state index is 0.211. The van der Waals surface area contributed by atoms with Gasteiger partial charge in [0.05, 0.1) is 23.3 Å². The molecule has 7 nitrogen and oxygen atoms in total. The van der Waals surface area contributed by atoms with Crippen molar-refractivity contribution in [1.82, 2.24) is 24.9 Å². The van der Waals surface area contributed by atoms with E-state index in [4.69, 9.17) is 9.26 Å². The maximum atomic E-state index is 5.84. The summed E-state index contributed by atoms with van der Waals surface area (Å²) in [4.78, 5) is 5.59. The quantitative estimate of drug-likeness (QED) is 0.396. The van der Waals surface area contributed by atoms with Gasteiger partial charge in [-0.05, 0) is 35.7 Å². The molecule has 0 amide bonds. The number of nitrogens with zero attached hydrogens (tertiary/aromatic N) is 5. The smallest absolute Gasteiger partial charge is 0.237 e. The van der Waals surface area contributed by atoms with Crippen molar-refractivity contribution in [3.8, 4) is 22.1 Å². The van der Waals surface area contributed by atoms with E-state index in [9.17, 15) is 0 Å². The number of ether oxygens (including phenoxy) is 1. The van der Waals surface area contributed by atoms with Crippen LogP contribution in [0.4, 0.5) is 0 Å². The van der Waals surface area contributed by atoms with E-state index < -0.39 is 0 Å². The first-order chi connectivity index (χ1) is 13.9. The third-order valence-corrected chi connectivity index (χ3v) is 6.94. The molecule has 0 saturated carbocycles. The Morgan fingerprint density at radius 1 is 1.25 bits per heavy atom. The summed E-state index contributed by atoms with van der Waals surface area (Å²) in [7, 11) is 0. The fourth-order valence-corrected chi connectivity index (χ4v) is 5.23. The van der Waals surface area contributed by atoms with Crippen LogP contribution in [-0.2, 0) is 17.0 Å². The van der Waals surface area contributed by atoms with Gasteiger partial charge in [-0.25, -0.2) is 0 Å². The molecular weight excluding hydrogens is 414 g/mol. The summed E-state index contributed by atoms with van der Waals surface area (Å²) in [6.45, 7) is 1.59. The van der Waals surface area contributed by atoms with Crippen molar-refractivity contribution in [3.05, 3.63) is 40.2 Å². The van der Waals surface area contributed by atoms with Gasteiger partial charge in [0.2, 0.25) is 11.7 Å². The minimum absolute atomic E-state index is 0.211. The zero-order chi connectivity index (χ0) is 18.8. The second kappa shape index (κ2) is 8.16. The van der Waals surface area contributed by atoms with Crippen molar-refractivity contribution in [2.75, 3.05) is 6.61 Å². The third kappa shape index (κ3) is 3.77. The first-order valence-corrected chi connectivity index (χ1v) is 11.7. The van der Waals surface area contributed by atoms with Gasteiger partial charge in [0.1, 0.15) is 0 Å². The van der Waals surface area contributed by atoms with E-state index in [0.29, 0.717) is 17.5 Å². The summed E-state index contributed by atoms with van der Waals surface area (Å²) in [6.07, 6.45) is 2.39. The second-order valence-corrected chi connectivity index (χ2v) is 9.01. The van der Waals surface area contributed by atoms with Crippen molar-refractivity contribution in [2.24, 2.45) is 0 Å². The average Bonchev–Trinajstić information content (AvgIpc) is 3.53. The molecule has 1 unspecified atom stereocenters. The van der Waals surface area contributed by atoms with Gasteiger partial charge in [-0.1, -0.05) is 23.0 Å². The van der Waals surface area contributed by atoms with Crippen molar-refractivity contribution in [3.63, 3.8) is 0 Å². The van der Waals surface area contributed by atoms with Gasteiger partial charge in [0.15, 0.2) is 11.0 Å². The molecule has 4 aromatic rings. The van der Waals surface area contributed by atoms with Crippen LogP contribution < -0.4 is 0 Å². The summed E-state index contributed by atoms with van der Waals surface area (Å²) in [5.41, 5.74) is 0.978. The number of thiophene rings is 2. The first-order valence-electron chi connectivity index (χ1n) is 8.93. The predicted octanol–water partition coefficient (Wildman–Crippen LogP) is 4.59. The van der Waals surface area contributed by atoms with Gasteiger partial charge in [-0.2, -0.15) is 16.3 Å². The van der Waals surface area contributed by atoms with Crippen LogP contribution >= 0.6 is 34.4 Å². The molecule has 144 valence electrons. The molecule has 0 spiro atoms. The first kappa shape index (κ1) is 18.0. The molecule has 0 aromatic carbocycles. The molecule has 1 atom stereocenters. The normalized spacial score (nSPS) is 16.8. The summed E-state index contributed by atoms with van der Waals surface area (Å²) >= 11 is 4.83. The lowest BCUT2D eigenvalue weighted by atomic mass is 10.2. The summed E-state index contributed by atoms with van der Waals surface area (Å²) in [6, 6.07) is 6.08. The molecule has 1 aliphatic heterocycles. The van der Waals surface area contributed by atoms with Gasteiger partial charge in [-0.15, -0.1) is 21.5 Å². The van der Waals surface area contributed by atoms with E-state index in [1.54, 1.807) is 34.4 Å². The number of hydrogen-bond donors (Lipinski definition) is 0. The highest BCUT2D eigenvalue weighted by molar-refractivity contribution is 7.98. The molecule has 10 heteroatoms. The van der Waals surface area contributed by atoms with Crippen LogP contribution in [0.3, 0.4) is 0 Å². The van der Waals surface area contributed by atoms with Crippen molar-refractivity contribution in [2.45, 2.75) is 36.4 Å². The summed E-state index contributed by atoms with van der Waals surface area (Å²) in [5, 5.41) is 19.8. The Hall–Kier alpha value is -2.01. The topological polar surface area (TPSA) is 78.9 Å². The number of hydrogen-bond acceptors (Lipinski definition) is 9. The van der Waals surface area contributed by atoms with Crippen LogP contribution in [0.1, 0.15) is 18.7 Å². The van der Waals surface area contributed by atoms with Crippen LogP contribution in [0.2, 0.25) is 0 Å². The van der Waals surface area contributed by atoms with E-state index in [0.717, 1.165) is 47.4 Å². The maximum Gasteiger partial charge on any atom is 0.237 e.